The number of hydrogen-bond acceptors (Lipinski definition) is 5. The summed E-state index contributed by atoms with van der Waals surface area (Å²) < 4.78 is 13.2. The molecule has 2 aromatic rings. The third-order valence-corrected chi connectivity index (χ3v) is 3.17. The van der Waals surface area contributed by atoms with Crippen LogP contribution in [0.4, 0.5) is 0 Å². The number of halogens is 1. The number of ether oxygens (including phenoxy) is 2. The largest absolute Gasteiger partial charge is 0.488 e. The molecule has 2 aromatic heterocycles. The van der Waals surface area contributed by atoms with Crippen LogP contribution in [0.15, 0.2) is 41.4 Å². The lowest BCUT2D eigenvalue weighted by molar-refractivity contribution is -0.138. The van der Waals surface area contributed by atoms with E-state index in [1.165, 1.54) is 6.08 Å². The Hall–Kier alpha value is -2.15. The van der Waals surface area contributed by atoms with E-state index < -0.39 is 5.97 Å². The third-order valence-electron chi connectivity index (χ3n) is 2.73. The van der Waals surface area contributed by atoms with Crippen LogP contribution in [0, 0.1) is 0 Å². The molecule has 22 heavy (non-hydrogen) atoms. The predicted octanol–water partition coefficient (Wildman–Crippen LogP) is 2.70. The Morgan fingerprint density at radius 3 is 3.05 bits per heavy atom. The quantitative estimate of drug-likeness (QED) is 0.428. The molecule has 0 spiro atoms. The van der Waals surface area contributed by atoms with Gasteiger partial charge < -0.3 is 14.0 Å². The minimum Gasteiger partial charge on any atom is -0.488 e. The van der Waals surface area contributed by atoms with Gasteiger partial charge in [0, 0.05) is 35.7 Å². The fraction of sp³-hybridized carbons (Fsp3) is 0.267. The van der Waals surface area contributed by atoms with Gasteiger partial charge in [-0.15, -0.1) is 0 Å². The van der Waals surface area contributed by atoms with E-state index in [1.807, 2.05) is 17.7 Å². The maximum Gasteiger partial charge on any atom is 0.331 e. The van der Waals surface area contributed by atoms with Crippen molar-refractivity contribution in [3.63, 3.8) is 0 Å². The molecule has 0 radical (unpaired) electrons. The van der Waals surface area contributed by atoms with Crippen LogP contribution in [0.1, 0.15) is 12.7 Å². The van der Waals surface area contributed by atoms with Gasteiger partial charge in [0.25, 0.3) is 0 Å². The highest BCUT2D eigenvalue weighted by molar-refractivity contribution is 9.10. The molecular weight excluding hydrogens is 350 g/mol. The van der Waals surface area contributed by atoms with Gasteiger partial charge in [-0.2, -0.15) is 0 Å². The molecule has 0 aliphatic carbocycles. The SMILES string of the molecule is CCn1ccnc1/C=C/C(=O)OCCOc1cncc(Br)c1. The Morgan fingerprint density at radius 1 is 1.41 bits per heavy atom. The van der Waals surface area contributed by atoms with Crippen LogP contribution < -0.4 is 4.74 Å². The summed E-state index contributed by atoms with van der Waals surface area (Å²) in [6.45, 7) is 3.23. The first-order chi connectivity index (χ1) is 10.7. The van der Waals surface area contributed by atoms with Gasteiger partial charge in [0.1, 0.15) is 24.8 Å². The first-order valence-corrected chi connectivity index (χ1v) is 7.57. The Bertz CT molecular complexity index is 655. The molecule has 0 fully saturated rings. The minimum absolute atomic E-state index is 0.165. The Balaban J connectivity index is 1.72. The van der Waals surface area contributed by atoms with Gasteiger partial charge in [-0.3, -0.25) is 4.98 Å². The second-order valence-electron chi connectivity index (χ2n) is 4.26. The molecule has 116 valence electrons. The number of carbonyl (C=O) groups excluding carboxylic acids is 1. The Labute approximate surface area is 136 Å². The smallest absolute Gasteiger partial charge is 0.331 e. The lowest BCUT2D eigenvalue weighted by atomic mass is 10.4. The molecule has 0 saturated carbocycles. The van der Waals surface area contributed by atoms with Gasteiger partial charge in [-0.05, 0) is 35.0 Å². The summed E-state index contributed by atoms with van der Waals surface area (Å²) in [4.78, 5) is 19.7. The molecule has 0 aromatic carbocycles. The van der Waals surface area contributed by atoms with Gasteiger partial charge in [-0.25, -0.2) is 9.78 Å². The van der Waals surface area contributed by atoms with Crippen LogP contribution in [0.5, 0.6) is 5.75 Å². The highest BCUT2D eigenvalue weighted by Crippen LogP contribution is 2.15. The van der Waals surface area contributed by atoms with E-state index in [-0.39, 0.29) is 13.2 Å². The molecule has 0 saturated heterocycles. The van der Waals surface area contributed by atoms with Crippen LogP contribution in [-0.4, -0.2) is 33.7 Å². The van der Waals surface area contributed by atoms with Gasteiger partial charge in [0.05, 0.1) is 6.20 Å². The van der Waals surface area contributed by atoms with E-state index in [1.54, 1.807) is 30.7 Å². The Morgan fingerprint density at radius 2 is 2.27 bits per heavy atom. The zero-order valence-corrected chi connectivity index (χ0v) is 13.7. The van der Waals surface area contributed by atoms with E-state index in [0.717, 1.165) is 16.8 Å². The maximum absolute atomic E-state index is 11.6. The summed E-state index contributed by atoms with van der Waals surface area (Å²) in [5, 5.41) is 0. The fourth-order valence-electron chi connectivity index (χ4n) is 1.71. The van der Waals surface area contributed by atoms with Crippen molar-refractivity contribution in [3.05, 3.63) is 47.2 Å². The van der Waals surface area contributed by atoms with E-state index in [4.69, 9.17) is 9.47 Å². The molecule has 0 aliphatic heterocycles. The number of imidazole rings is 1. The topological polar surface area (TPSA) is 66.2 Å². The number of pyridine rings is 1. The van der Waals surface area contributed by atoms with Crippen LogP contribution in [0.3, 0.4) is 0 Å². The minimum atomic E-state index is -0.429. The zero-order valence-electron chi connectivity index (χ0n) is 12.1. The van der Waals surface area contributed by atoms with Crippen molar-refractivity contribution in [2.24, 2.45) is 0 Å². The molecule has 0 aliphatic rings. The molecule has 6 nitrogen and oxygen atoms in total. The Kier molecular flexibility index (Phi) is 6.14. The van der Waals surface area contributed by atoms with Crippen molar-refractivity contribution in [2.45, 2.75) is 13.5 Å². The second kappa shape index (κ2) is 8.33. The third kappa shape index (κ3) is 5.00. The summed E-state index contributed by atoms with van der Waals surface area (Å²) in [6.07, 6.45) is 9.79. The number of rotatable bonds is 7. The van der Waals surface area contributed by atoms with E-state index in [0.29, 0.717) is 5.75 Å². The normalized spacial score (nSPS) is 10.8. The number of esters is 1. The lowest BCUT2D eigenvalue weighted by Gasteiger charge is -2.06. The standard InChI is InChI=1S/C15H16BrN3O3/c1-2-19-6-5-18-14(19)3-4-15(20)22-8-7-21-13-9-12(16)10-17-11-13/h3-6,9-11H,2,7-8H2,1H3/b4-3+. The summed E-state index contributed by atoms with van der Waals surface area (Å²) in [7, 11) is 0. The first kappa shape index (κ1) is 16.2. The number of hydrogen-bond donors (Lipinski definition) is 0. The number of nitrogens with zero attached hydrogens (tertiary/aromatic N) is 3. The summed E-state index contributed by atoms with van der Waals surface area (Å²) in [6, 6.07) is 1.79. The van der Waals surface area contributed by atoms with Gasteiger partial charge in [0.2, 0.25) is 0 Å². The number of carbonyl (C=O) groups is 1. The molecule has 0 unspecified atom stereocenters. The molecule has 2 rings (SSSR count). The van der Waals surface area contributed by atoms with E-state index >= 15 is 0 Å². The molecule has 0 amide bonds. The average Bonchev–Trinajstić information content (AvgIpc) is 2.97. The van der Waals surface area contributed by atoms with Crippen molar-refractivity contribution in [1.82, 2.24) is 14.5 Å². The maximum atomic E-state index is 11.6. The molecule has 2 heterocycles. The van der Waals surface area contributed by atoms with Gasteiger partial charge in [0.15, 0.2) is 0 Å². The van der Waals surface area contributed by atoms with Crippen molar-refractivity contribution in [2.75, 3.05) is 13.2 Å². The van der Waals surface area contributed by atoms with E-state index in [9.17, 15) is 4.79 Å². The van der Waals surface area contributed by atoms with Crippen molar-refractivity contribution in [3.8, 4) is 5.75 Å². The van der Waals surface area contributed by atoms with Crippen molar-refractivity contribution < 1.29 is 14.3 Å². The summed E-state index contributed by atoms with van der Waals surface area (Å²) in [5.74, 6) is 0.906. The molecule has 7 heteroatoms. The summed E-state index contributed by atoms with van der Waals surface area (Å²) in [5.41, 5.74) is 0. The predicted molar refractivity (Wildman–Crippen MR) is 85.3 cm³/mol. The van der Waals surface area contributed by atoms with Crippen molar-refractivity contribution in [1.29, 1.82) is 0 Å². The highest BCUT2D eigenvalue weighted by Gasteiger charge is 2.01. The van der Waals surface area contributed by atoms with Crippen molar-refractivity contribution >= 4 is 28.0 Å². The van der Waals surface area contributed by atoms with Gasteiger partial charge in [-0.1, -0.05) is 0 Å². The zero-order chi connectivity index (χ0) is 15.8. The van der Waals surface area contributed by atoms with Crippen LogP contribution >= 0.6 is 15.9 Å². The second-order valence-corrected chi connectivity index (χ2v) is 5.18. The average molecular weight is 366 g/mol. The number of aryl methyl sites for hydroxylation is 1. The number of aromatic nitrogens is 3. The van der Waals surface area contributed by atoms with Crippen LogP contribution in [-0.2, 0) is 16.1 Å². The molecular formula is C15H16BrN3O3. The molecule has 0 bridgehead atoms. The fourth-order valence-corrected chi connectivity index (χ4v) is 2.05. The highest BCUT2D eigenvalue weighted by atomic mass is 79.9. The molecule has 0 atom stereocenters. The summed E-state index contributed by atoms with van der Waals surface area (Å²) >= 11 is 3.30. The lowest BCUT2D eigenvalue weighted by Crippen LogP contribution is -2.10. The van der Waals surface area contributed by atoms with E-state index in [2.05, 4.69) is 25.9 Å². The van der Waals surface area contributed by atoms with Gasteiger partial charge >= 0.3 is 5.97 Å². The molecule has 0 N–H and O–H groups in total. The monoisotopic (exact) mass is 365 g/mol. The van der Waals surface area contributed by atoms with Crippen LogP contribution in [0.2, 0.25) is 0 Å². The first-order valence-electron chi connectivity index (χ1n) is 6.78. The van der Waals surface area contributed by atoms with Crippen LogP contribution in [0.25, 0.3) is 6.08 Å².